The van der Waals surface area contributed by atoms with Crippen molar-refractivity contribution < 1.29 is 18.7 Å². The highest BCUT2D eigenvalue weighted by Gasteiger charge is 2.29. The molecule has 8 nitrogen and oxygen atoms in total. The smallest absolute Gasteiger partial charge is 0.265 e. The van der Waals surface area contributed by atoms with Gasteiger partial charge in [-0.2, -0.15) is 0 Å². The molecule has 168 valence electrons. The monoisotopic (exact) mass is 447 g/mol. The van der Waals surface area contributed by atoms with Gasteiger partial charge in [0.25, 0.3) is 11.8 Å². The Balaban J connectivity index is 1.33. The summed E-state index contributed by atoms with van der Waals surface area (Å²) in [4.78, 5) is 39.8. The number of piperazine rings is 1. The number of ether oxygens (including phenoxy) is 1. The highest BCUT2D eigenvalue weighted by molar-refractivity contribution is 6.01. The molecule has 0 unspecified atom stereocenters. The summed E-state index contributed by atoms with van der Waals surface area (Å²) in [6, 6.07) is 12.9. The highest BCUT2D eigenvalue weighted by Crippen LogP contribution is 2.34. The van der Waals surface area contributed by atoms with E-state index in [9.17, 15) is 14.0 Å². The molecule has 3 aromatic rings. The Hall–Kier alpha value is -4.01. The summed E-state index contributed by atoms with van der Waals surface area (Å²) in [5.41, 5.74) is 1.81. The lowest BCUT2D eigenvalue weighted by Gasteiger charge is -2.35. The lowest BCUT2D eigenvalue weighted by atomic mass is 10.1. The summed E-state index contributed by atoms with van der Waals surface area (Å²) >= 11 is 0. The Morgan fingerprint density at radius 3 is 2.45 bits per heavy atom. The molecular weight excluding hydrogens is 425 g/mol. The number of fused-ring (bicyclic) bond motifs is 1. The third kappa shape index (κ3) is 4.34. The summed E-state index contributed by atoms with van der Waals surface area (Å²) in [5.74, 6) is 0.545. The average molecular weight is 447 g/mol. The molecule has 0 radical (unpaired) electrons. The fraction of sp³-hybridized carbons (Fsp3) is 0.250. The number of aromatic nitrogens is 2. The highest BCUT2D eigenvalue weighted by atomic mass is 19.1. The van der Waals surface area contributed by atoms with Gasteiger partial charge in [-0.15, -0.1) is 0 Å². The minimum absolute atomic E-state index is 0.0784. The molecule has 0 spiro atoms. The van der Waals surface area contributed by atoms with Crippen molar-refractivity contribution in [2.45, 2.75) is 6.54 Å². The van der Waals surface area contributed by atoms with Gasteiger partial charge in [-0.3, -0.25) is 9.59 Å². The summed E-state index contributed by atoms with van der Waals surface area (Å²) < 4.78 is 18.8. The lowest BCUT2D eigenvalue weighted by molar-refractivity contribution is -0.121. The predicted molar refractivity (Wildman–Crippen MR) is 120 cm³/mol. The van der Waals surface area contributed by atoms with E-state index < -0.39 is 0 Å². The fourth-order valence-corrected chi connectivity index (χ4v) is 4.03. The van der Waals surface area contributed by atoms with E-state index in [1.165, 1.54) is 12.1 Å². The van der Waals surface area contributed by atoms with Crippen LogP contribution < -0.4 is 14.5 Å². The van der Waals surface area contributed by atoms with Crippen LogP contribution in [-0.2, 0) is 11.3 Å². The van der Waals surface area contributed by atoms with E-state index >= 15 is 0 Å². The topological polar surface area (TPSA) is 78.9 Å². The number of carbonyl (C=O) groups excluding carboxylic acids is 2. The maximum Gasteiger partial charge on any atom is 0.265 e. The SMILES string of the molecule is O=C(c1ccc2c(c1)N(Cc1ccc(F)cc1)C(=O)CO2)N1CCN(c2ncccn2)CC1. The molecule has 33 heavy (non-hydrogen) atoms. The van der Waals surface area contributed by atoms with Crippen molar-refractivity contribution in [2.24, 2.45) is 0 Å². The van der Waals surface area contributed by atoms with Crippen molar-refractivity contribution in [1.29, 1.82) is 0 Å². The van der Waals surface area contributed by atoms with Crippen LogP contribution in [-0.4, -0.2) is 59.5 Å². The third-order valence-electron chi connectivity index (χ3n) is 5.80. The summed E-state index contributed by atoms with van der Waals surface area (Å²) in [7, 11) is 0. The van der Waals surface area contributed by atoms with E-state index in [1.807, 2.05) is 4.90 Å². The third-order valence-corrected chi connectivity index (χ3v) is 5.80. The van der Waals surface area contributed by atoms with Crippen LogP contribution in [0.2, 0.25) is 0 Å². The molecule has 1 saturated heterocycles. The van der Waals surface area contributed by atoms with Crippen LogP contribution in [0.15, 0.2) is 60.9 Å². The van der Waals surface area contributed by atoms with Gasteiger partial charge >= 0.3 is 0 Å². The summed E-state index contributed by atoms with van der Waals surface area (Å²) in [6.07, 6.45) is 3.40. The lowest BCUT2D eigenvalue weighted by Crippen LogP contribution is -2.49. The van der Waals surface area contributed by atoms with Crippen molar-refractivity contribution in [3.63, 3.8) is 0 Å². The zero-order chi connectivity index (χ0) is 22.8. The van der Waals surface area contributed by atoms with Gasteiger partial charge in [-0.25, -0.2) is 14.4 Å². The van der Waals surface area contributed by atoms with Crippen molar-refractivity contribution in [3.8, 4) is 5.75 Å². The number of nitrogens with zero attached hydrogens (tertiary/aromatic N) is 5. The fourth-order valence-electron chi connectivity index (χ4n) is 4.03. The Morgan fingerprint density at radius 2 is 1.73 bits per heavy atom. The van der Waals surface area contributed by atoms with Gasteiger partial charge in [0.2, 0.25) is 5.95 Å². The number of benzene rings is 2. The minimum atomic E-state index is -0.334. The van der Waals surface area contributed by atoms with Crippen molar-refractivity contribution in [2.75, 3.05) is 42.6 Å². The zero-order valence-electron chi connectivity index (χ0n) is 17.9. The van der Waals surface area contributed by atoms with Gasteiger partial charge in [-0.05, 0) is 42.0 Å². The first kappa shape index (κ1) is 20.9. The number of anilines is 2. The molecule has 9 heteroatoms. The first-order chi connectivity index (χ1) is 16.1. The molecule has 2 aromatic carbocycles. The van der Waals surface area contributed by atoms with Crippen LogP contribution in [0.1, 0.15) is 15.9 Å². The molecule has 0 atom stereocenters. The predicted octanol–water partition coefficient (Wildman–Crippen LogP) is 2.50. The number of hydrogen-bond acceptors (Lipinski definition) is 6. The first-order valence-corrected chi connectivity index (χ1v) is 10.7. The van der Waals surface area contributed by atoms with E-state index in [0.717, 1.165) is 5.56 Å². The quantitative estimate of drug-likeness (QED) is 0.612. The standard InChI is InChI=1S/C24H22FN5O3/c25-19-5-2-17(3-6-19)15-30-20-14-18(4-7-21(20)33-16-22(30)31)23(32)28-10-12-29(13-11-28)24-26-8-1-9-27-24/h1-9,14H,10-13,15-16H2. The van der Waals surface area contributed by atoms with Crippen molar-refractivity contribution >= 4 is 23.5 Å². The van der Waals surface area contributed by atoms with E-state index in [4.69, 9.17) is 4.74 Å². The second-order valence-electron chi connectivity index (χ2n) is 7.91. The molecule has 2 aliphatic rings. The van der Waals surface area contributed by atoms with Gasteiger partial charge in [0.1, 0.15) is 11.6 Å². The molecule has 2 aliphatic heterocycles. The second-order valence-corrected chi connectivity index (χ2v) is 7.91. The van der Waals surface area contributed by atoms with Crippen LogP contribution in [0.4, 0.5) is 16.0 Å². The average Bonchev–Trinajstić information content (AvgIpc) is 2.87. The summed E-state index contributed by atoms with van der Waals surface area (Å²) in [6.45, 7) is 2.55. The maximum absolute atomic E-state index is 13.3. The Kier molecular flexibility index (Phi) is 5.60. The maximum atomic E-state index is 13.3. The number of carbonyl (C=O) groups is 2. The van der Waals surface area contributed by atoms with Crippen LogP contribution >= 0.6 is 0 Å². The molecule has 1 aromatic heterocycles. The molecule has 0 N–H and O–H groups in total. The molecule has 0 bridgehead atoms. The van der Waals surface area contributed by atoms with E-state index in [1.54, 1.807) is 58.6 Å². The summed E-state index contributed by atoms with van der Waals surface area (Å²) in [5, 5.41) is 0. The largest absolute Gasteiger partial charge is 0.482 e. The zero-order valence-corrected chi connectivity index (χ0v) is 17.9. The van der Waals surface area contributed by atoms with E-state index in [0.29, 0.717) is 49.1 Å². The number of amides is 2. The van der Waals surface area contributed by atoms with E-state index in [-0.39, 0.29) is 30.8 Å². The van der Waals surface area contributed by atoms with Gasteiger partial charge in [-0.1, -0.05) is 12.1 Å². The Morgan fingerprint density at radius 1 is 1.00 bits per heavy atom. The van der Waals surface area contributed by atoms with E-state index in [2.05, 4.69) is 9.97 Å². The molecule has 1 fully saturated rings. The molecule has 3 heterocycles. The van der Waals surface area contributed by atoms with Gasteiger partial charge in [0.05, 0.1) is 12.2 Å². The molecule has 0 saturated carbocycles. The minimum Gasteiger partial charge on any atom is -0.482 e. The van der Waals surface area contributed by atoms with Gasteiger partial charge < -0.3 is 19.4 Å². The van der Waals surface area contributed by atoms with Crippen molar-refractivity contribution in [1.82, 2.24) is 14.9 Å². The molecule has 5 rings (SSSR count). The number of hydrogen-bond donors (Lipinski definition) is 0. The Bertz CT molecular complexity index is 1160. The molecule has 0 aliphatic carbocycles. The van der Waals surface area contributed by atoms with Gasteiger partial charge in [0, 0.05) is 44.1 Å². The van der Waals surface area contributed by atoms with Crippen LogP contribution in [0.3, 0.4) is 0 Å². The molecular formula is C24H22FN5O3. The normalized spacial score (nSPS) is 15.8. The van der Waals surface area contributed by atoms with Crippen LogP contribution in [0, 0.1) is 5.82 Å². The van der Waals surface area contributed by atoms with Crippen LogP contribution in [0.25, 0.3) is 0 Å². The molecule has 2 amide bonds. The number of rotatable bonds is 4. The second kappa shape index (κ2) is 8.85. The van der Waals surface area contributed by atoms with Gasteiger partial charge in [0.15, 0.2) is 6.61 Å². The first-order valence-electron chi connectivity index (χ1n) is 10.7. The number of halogens is 1. The van der Waals surface area contributed by atoms with Crippen LogP contribution in [0.5, 0.6) is 5.75 Å². The Labute approximate surface area is 190 Å². The van der Waals surface area contributed by atoms with Crippen molar-refractivity contribution in [3.05, 3.63) is 77.9 Å².